The molecule has 0 spiro atoms. The second-order valence-electron chi connectivity index (χ2n) is 3.10. The van der Waals surface area contributed by atoms with Crippen LogP contribution in [0.2, 0.25) is 0 Å². The van der Waals surface area contributed by atoms with Crippen LogP contribution in [-0.2, 0) is 24.2 Å². The SMILES string of the molecule is NCCc1cnc2c(n1)CCOC2. The topological polar surface area (TPSA) is 61.0 Å². The highest BCUT2D eigenvalue weighted by molar-refractivity contribution is 5.15. The average molecular weight is 179 g/mol. The Balaban J connectivity index is 2.24. The Kier molecular flexibility index (Phi) is 2.52. The molecule has 0 saturated carbocycles. The summed E-state index contributed by atoms with van der Waals surface area (Å²) in [4.78, 5) is 8.78. The van der Waals surface area contributed by atoms with E-state index in [1.807, 2.05) is 0 Å². The van der Waals surface area contributed by atoms with E-state index in [1.54, 1.807) is 6.20 Å². The number of fused-ring (bicyclic) bond motifs is 1. The lowest BCUT2D eigenvalue weighted by Gasteiger charge is -2.14. The Labute approximate surface area is 77.1 Å². The fraction of sp³-hybridized carbons (Fsp3) is 0.556. The molecule has 70 valence electrons. The number of ether oxygens (including phenoxy) is 1. The van der Waals surface area contributed by atoms with Crippen molar-refractivity contribution in [3.05, 3.63) is 23.3 Å². The minimum atomic E-state index is 0.602. The first kappa shape index (κ1) is 8.59. The number of nitrogens with two attached hydrogens (primary N) is 1. The van der Waals surface area contributed by atoms with Crippen LogP contribution >= 0.6 is 0 Å². The quantitative estimate of drug-likeness (QED) is 0.697. The molecule has 0 amide bonds. The molecule has 2 rings (SSSR count). The predicted octanol–water partition coefficient (Wildman–Crippen LogP) is 0.0505. The molecular weight excluding hydrogens is 166 g/mol. The third-order valence-electron chi connectivity index (χ3n) is 2.10. The minimum Gasteiger partial charge on any atom is -0.375 e. The van der Waals surface area contributed by atoms with Gasteiger partial charge in [0.2, 0.25) is 0 Å². The average Bonchev–Trinajstić information content (AvgIpc) is 2.18. The van der Waals surface area contributed by atoms with Crippen molar-refractivity contribution in [2.24, 2.45) is 5.73 Å². The lowest BCUT2D eigenvalue weighted by atomic mass is 10.2. The maximum absolute atomic E-state index is 5.44. The zero-order chi connectivity index (χ0) is 9.10. The summed E-state index contributed by atoms with van der Waals surface area (Å²) in [6.07, 6.45) is 3.47. The summed E-state index contributed by atoms with van der Waals surface area (Å²) in [5.74, 6) is 0. The van der Waals surface area contributed by atoms with Crippen LogP contribution in [0.25, 0.3) is 0 Å². The molecule has 0 saturated heterocycles. The van der Waals surface area contributed by atoms with Gasteiger partial charge < -0.3 is 10.5 Å². The fourth-order valence-electron chi connectivity index (χ4n) is 1.42. The molecule has 13 heavy (non-hydrogen) atoms. The van der Waals surface area contributed by atoms with Gasteiger partial charge in [-0.1, -0.05) is 0 Å². The standard InChI is InChI=1S/C9H13N3O/c10-3-1-7-5-11-9-6-13-4-2-8(9)12-7/h5H,1-4,6,10H2. The summed E-state index contributed by atoms with van der Waals surface area (Å²) in [6.45, 7) is 1.99. The summed E-state index contributed by atoms with van der Waals surface area (Å²) in [6, 6.07) is 0. The molecule has 0 fully saturated rings. The molecule has 2 heterocycles. The van der Waals surface area contributed by atoms with E-state index in [2.05, 4.69) is 9.97 Å². The molecule has 0 aliphatic carbocycles. The van der Waals surface area contributed by atoms with E-state index in [4.69, 9.17) is 10.5 Å². The zero-order valence-electron chi connectivity index (χ0n) is 7.49. The van der Waals surface area contributed by atoms with Crippen molar-refractivity contribution in [3.63, 3.8) is 0 Å². The van der Waals surface area contributed by atoms with Crippen LogP contribution in [0.4, 0.5) is 0 Å². The van der Waals surface area contributed by atoms with Gasteiger partial charge in [0.1, 0.15) is 0 Å². The summed E-state index contributed by atoms with van der Waals surface area (Å²) in [5.41, 5.74) is 8.49. The number of hydrogen-bond donors (Lipinski definition) is 1. The Bertz CT molecular complexity index is 301. The normalized spacial score (nSPS) is 15.5. The second kappa shape index (κ2) is 3.81. The van der Waals surface area contributed by atoms with E-state index >= 15 is 0 Å². The van der Waals surface area contributed by atoms with Crippen molar-refractivity contribution in [3.8, 4) is 0 Å². The van der Waals surface area contributed by atoms with Crippen molar-refractivity contribution >= 4 is 0 Å². The van der Waals surface area contributed by atoms with Gasteiger partial charge in [-0.15, -0.1) is 0 Å². The lowest BCUT2D eigenvalue weighted by molar-refractivity contribution is 0.105. The van der Waals surface area contributed by atoms with Gasteiger partial charge in [0.15, 0.2) is 0 Å². The molecule has 1 aliphatic heterocycles. The van der Waals surface area contributed by atoms with E-state index < -0.39 is 0 Å². The monoisotopic (exact) mass is 179 g/mol. The molecule has 0 atom stereocenters. The molecule has 4 heteroatoms. The Hall–Kier alpha value is -1.00. The van der Waals surface area contributed by atoms with Gasteiger partial charge in [-0.25, -0.2) is 0 Å². The molecule has 4 nitrogen and oxygen atoms in total. The smallest absolute Gasteiger partial charge is 0.0906 e. The van der Waals surface area contributed by atoms with Crippen LogP contribution in [0.1, 0.15) is 17.1 Å². The van der Waals surface area contributed by atoms with Crippen molar-refractivity contribution in [2.45, 2.75) is 19.4 Å². The number of hydrogen-bond acceptors (Lipinski definition) is 4. The van der Waals surface area contributed by atoms with Crippen molar-refractivity contribution in [1.82, 2.24) is 9.97 Å². The van der Waals surface area contributed by atoms with Gasteiger partial charge in [-0.3, -0.25) is 9.97 Å². The van der Waals surface area contributed by atoms with Gasteiger partial charge in [0.25, 0.3) is 0 Å². The van der Waals surface area contributed by atoms with E-state index in [1.165, 1.54) is 0 Å². The molecule has 0 bridgehead atoms. The van der Waals surface area contributed by atoms with Gasteiger partial charge >= 0.3 is 0 Å². The summed E-state index contributed by atoms with van der Waals surface area (Å²) >= 11 is 0. The van der Waals surface area contributed by atoms with E-state index in [0.29, 0.717) is 13.2 Å². The molecule has 2 N–H and O–H groups in total. The maximum Gasteiger partial charge on any atom is 0.0906 e. The summed E-state index contributed by atoms with van der Waals surface area (Å²) in [5, 5.41) is 0. The zero-order valence-corrected chi connectivity index (χ0v) is 7.49. The highest BCUT2D eigenvalue weighted by Crippen LogP contribution is 2.11. The van der Waals surface area contributed by atoms with Gasteiger partial charge in [0.05, 0.1) is 30.3 Å². The van der Waals surface area contributed by atoms with Gasteiger partial charge in [-0.2, -0.15) is 0 Å². The van der Waals surface area contributed by atoms with Gasteiger partial charge in [0, 0.05) is 19.0 Å². The lowest BCUT2D eigenvalue weighted by Crippen LogP contribution is -2.15. The van der Waals surface area contributed by atoms with Crippen LogP contribution < -0.4 is 5.73 Å². The largest absolute Gasteiger partial charge is 0.375 e. The molecule has 1 aromatic rings. The van der Waals surface area contributed by atoms with Crippen molar-refractivity contribution in [1.29, 1.82) is 0 Å². The highest BCUT2D eigenvalue weighted by atomic mass is 16.5. The predicted molar refractivity (Wildman–Crippen MR) is 48.2 cm³/mol. The van der Waals surface area contributed by atoms with Gasteiger partial charge in [-0.05, 0) is 6.54 Å². The van der Waals surface area contributed by atoms with Crippen molar-refractivity contribution in [2.75, 3.05) is 13.2 Å². The summed E-state index contributed by atoms with van der Waals surface area (Å²) < 4.78 is 5.27. The van der Waals surface area contributed by atoms with Crippen LogP contribution in [0.5, 0.6) is 0 Å². The summed E-state index contributed by atoms with van der Waals surface area (Å²) in [7, 11) is 0. The first-order valence-electron chi connectivity index (χ1n) is 4.51. The third-order valence-corrected chi connectivity index (χ3v) is 2.10. The molecular formula is C9H13N3O. The van der Waals surface area contributed by atoms with Crippen LogP contribution in [0.3, 0.4) is 0 Å². The number of aromatic nitrogens is 2. The second-order valence-corrected chi connectivity index (χ2v) is 3.10. The van der Waals surface area contributed by atoms with Crippen LogP contribution in [0, 0.1) is 0 Å². The minimum absolute atomic E-state index is 0.602. The molecule has 0 unspecified atom stereocenters. The highest BCUT2D eigenvalue weighted by Gasteiger charge is 2.12. The van der Waals surface area contributed by atoms with E-state index in [9.17, 15) is 0 Å². The molecule has 0 aromatic carbocycles. The van der Waals surface area contributed by atoms with E-state index in [-0.39, 0.29) is 0 Å². The van der Waals surface area contributed by atoms with Crippen LogP contribution in [0.15, 0.2) is 6.20 Å². The Morgan fingerprint density at radius 1 is 1.46 bits per heavy atom. The van der Waals surface area contributed by atoms with Crippen molar-refractivity contribution < 1.29 is 4.74 Å². The first-order valence-corrected chi connectivity index (χ1v) is 4.51. The first-order chi connectivity index (χ1) is 6.40. The number of rotatable bonds is 2. The third kappa shape index (κ3) is 1.84. The molecule has 1 aliphatic rings. The Morgan fingerprint density at radius 3 is 3.23 bits per heavy atom. The Morgan fingerprint density at radius 2 is 2.38 bits per heavy atom. The fourth-order valence-corrected chi connectivity index (χ4v) is 1.42. The van der Waals surface area contributed by atoms with E-state index in [0.717, 1.165) is 36.5 Å². The number of nitrogens with zero attached hydrogens (tertiary/aromatic N) is 2. The van der Waals surface area contributed by atoms with Crippen LogP contribution in [-0.4, -0.2) is 23.1 Å². The molecule has 0 radical (unpaired) electrons. The maximum atomic E-state index is 5.44. The molecule has 1 aromatic heterocycles.